The number of nitrogens with zero attached hydrogens (tertiary/aromatic N) is 3. The van der Waals surface area contributed by atoms with Gasteiger partial charge in [-0.15, -0.1) is 0 Å². The Morgan fingerprint density at radius 1 is 0.380 bits per heavy atom. The molecule has 0 bridgehead atoms. The van der Waals surface area contributed by atoms with Crippen molar-refractivity contribution < 1.29 is 23.9 Å². The number of para-hydroxylation sites is 1. The highest BCUT2D eigenvalue weighted by Crippen LogP contribution is 2.39. The Morgan fingerprint density at radius 3 is 1.92 bits per heavy atom. The van der Waals surface area contributed by atoms with Crippen LogP contribution in [0.2, 0.25) is 0 Å². The quantitative estimate of drug-likeness (QED) is 0.185. The van der Waals surface area contributed by atoms with E-state index in [9.17, 15) is 4.11 Å². The highest BCUT2D eigenvalue weighted by atomic mass is 16.3. The highest BCUT2D eigenvalue weighted by molar-refractivity contribution is 6.13. The van der Waals surface area contributed by atoms with E-state index in [4.69, 9.17) is 34.8 Å². The van der Waals surface area contributed by atoms with Gasteiger partial charge in [-0.2, -0.15) is 0 Å². The molecule has 0 aliphatic rings. The molecule has 0 atom stereocenters. The van der Waals surface area contributed by atoms with Crippen LogP contribution >= 0.6 is 0 Å². The number of rotatable bonds is 5. The third-order valence-corrected chi connectivity index (χ3v) is 8.58. The fraction of sp³-hybridized carbons (Fsp3) is 0. The van der Waals surface area contributed by atoms with Crippen LogP contribution in [0.5, 0.6) is 0 Å². The van der Waals surface area contributed by atoms with Crippen LogP contribution < -0.4 is 0 Å². The topological polar surface area (TPSA) is 65.0 Å². The molecule has 3 heterocycles. The summed E-state index contributed by atoms with van der Waals surface area (Å²) < 4.78 is 109. The Hall–Kier alpha value is -6.85. The van der Waals surface area contributed by atoms with Gasteiger partial charge in [-0.1, -0.05) is 133 Å². The van der Waals surface area contributed by atoms with Crippen LogP contribution in [0.3, 0.4) is 0 Å². The van der Waals surface area contributed by atoms with E-state index in [1.165, 1.54) is 0 Å². The molecule has 0 spiro atoms. The van der Waals surface area contributed by atoms with Crippen molar-refractivity contribution in [1.82, 2.24) is 15.0 Å². The predicted molar refractivity (Wildman–Crippen MR) is 202 cm³/mol. The largest absolute Gasteiger partial charge is 0.456 e. The van der Waals surface area contributed by atoms with Gasteiger partial charge >= 0.3 is 0 Å². The summed E-state index contributed by atoms with van der Waals surface area (Å²) in [4.78, 5) is 14.6. The van der Waals surface area contributed by atoms with Crippen molar-refractivity contribution in [2.75, 3.05) is 0 Å². The lowest BCUT2D eigenvalue weighted by Crippen LogP contribution is -2.00. The molecular formula is C45H27N3O2. The number of furan rings is 2. The number of hydrogen-bond donors (Lipinski definition) is 0. The number of aromatic nitrogens is 3. The molecule has 0 fully saturated rings. The third-order valence-electron chi connectivity index (χ3n) is 8.58. The molecule has 10 aromatic rings. The smallest absolute Gasteiger partial charge is 0.164 e. The molecule has 50 heavy (non-hydrogen) atoms. The molecule has 0 saturated carbocycles. The number of benzene rings is 7. The lowest BCUT2D eigenvalue weighted by atomic mass is 9.99. The average molecular weight is 653 g/mol. The van der Waals surface area contributed by atoms with Crippen molar-refractivity contribution in [2.45, 2.75) is 0 Å². The number of fused-ring (bicyclic) bond motifs is 6. The Morgan fingerprint density at radius 2 is 1.06 bits per heavy atom. The molecule has 0 aliphatic heterocycles. The number of hydrogen-bond acceptors (Lipinski definition) is 5. The second-order valence-corrected chi connectivity index (χ2v) is 11.5. The van der Waals surface area contributed by atoms with Crippen LogP contribution in [0.4, 0.5) is 0 Å². The van der Waals surface area contributed by atoms with Crippen molar-refractivity contribution in [3.05, 3.63) is 164 Å². The maximum Gasteiger partial charge on any atom is 0.164 e. The minimum Gasteiger partial charge on any atom is -0.456 e. The molecular weight excluding hydrogens is 615 g/mol. The summed E-state index contributed by atoms with van der Waals surface area (Å²) in [5, 5.41) is 1.13. The Bertz CT molecular complexity index is 3470. The minimum atomic E-state index is -0.691. The monoisotopic (exact) mass is 652 g/mol. The van der Waals surface area contributed by atoms with Gasteiger partial charge in [-0.05, 0) is 52.5 Å². The first-order valence-electron chi connectivity index (χ1n) is 21.2. The van der Waals surface area contributed by atoms with Crippen molar-refractivity contribution in [3.8, 4) is 56.4 Å². The second-order valence-electron chi connectivity index (χ2n) is 11.5. The molecule has 0 aliphatic carbocycles. The summed E-state index contributed by atoms with van der Waals surface area (Å²) in [5.74, 6) is 0.255. The third kappa shape index (κ3) is 4.67. The molecule has 0 saturated heterocycles. The molecule has 3 aromatic heterocycles. The van der Waals surface area contributed by atoms with Gasteiger partial charge in [-0.3, -0.25) is 0 Å². The van der Waals surface area contributed by atoms with Crippen molar-refractivity contribution in [2.24, 2.45) is 0 Å². The van der Waals surface area contributed by atoms with E-state index in [-0.39, 0.29) is 50.5 Å². The van der Waals surface area contributed by atoms with Crippen LogP contribution in [0.15, 0.2) is 172 Å². The van der Waals surface area contributed by atoms with Crippen LogP contribution in [-0.4, -0.2) is 15.0 Å². The Labute approximate surface area is 302 Å². The fourth-order valence-electron chi connectivity index (χ4n) is 6.26. The van der Waals surface area contributed by atoms with Gasteiger partial charge in [0.15, 0.2) is 17.5 Å². The van der Waals surface area contributed by atoms with Gasteiger partial charge in [0.2, 0.25) is 0 Å². The van der Waals surface area contributed by atoms with E-state index in [2.05, 4.69) is 0 Å². The summed E-state index contributed by atoms with van der Waals surface area (Å²) in [6.07, 6.45) is 0. The molecule has 5 nitrogen and oxygen atoms in total. The van der Waals surface area contributed by atoms with E-state index in [1.807, 2.05) is 91.0 Å². The van der Waals surface area contributed by atoms with E-state index in [1.54, 1.807) is 6.07 Å². The Kier molecular flexibility index (Phi) is 4.38. The van der Waals surface area contributed by atoms with Gasteiger partial charge in [0.1, 0.15) is 22.3 Å². The van der Waals surface area contributed by atoms with Gasteiger partial charge in [-0.25, -0.2) is 15.0 Å². The molecule has 0 unspecified atom stereocenters. The first-order chi connectivity index (χ1) is 29.3. The van der Waals surface area contributed by atoms with Gasteiger partial charge < -0.3 is 8.83 Å². The van der Waals surface area contributed by atoms with Crippen LogP contribution in [-0.2, 0) is 0 Å². The normalized spacial score (nSPS) is 14.7. The van der Waals surface area contributed by atoms with Crippen molar-refractivity contribution >= 4 is 43.9 Å². The zero-order valence-electron chi connectivity index (χ0n) is 36.9. The standard InChI is InChI=1S/C45H27N3O2/c1-3-11-28(12-4-1)29-21-23-31(24-22-29)43-46-44(48-45(47-43)36-17-10-20-39-42(36)34-15-7-8-18-37(34)49-39)32-25-26-35-40(27-32)50-38-19-9-16-33(41(35)38)30-13-5-2-6-14-30/h1-27H/i2D,5D,6D,9D,13D,14D,16D,19D,25D,26D,27D. The van der Waals surface area contributed by atoms with Gasteiger partial charge in [0, 0.05) is 38.2 Å². The van der Waals surface area contributed by atoms with E-state index < -0.39 is 72.0 Å². The molecule has 10 rings (SSSR count). The summed E-state index contributed by atoms with van der Waals surface area (Å²) >= 11 is 0. The van der Waals surface area contributed by atoms with Crippen molar-refractivity contribution in [3.63, 3.8) is 0 Å². The molecule has 7 aromatic carbocycles. The van der Waals surface area contributed by atoms with E-state index >= 15 is 0 Å². The fourth-order valence-corrected chi connectivity index (χ4v) is 6.26. The lowest BCUT2D eigenvalue weighted by Gasteiger charge is -2.10. The summed E-state index contributed by atoms with van der Waals surface area (Å²) in [6.45, 7) is 0. The van der Waals surface area contributed by atoms with E-state index in [0.29, 0.717) is 22.3 Å². The first-order valence-corrected chi connectivity index (χ1v) is 15.7. The van der Waals surface area contributed by atoms with Crippen LogP contribution in [0.1, 0.15) is 15.1 Å². The van der Waals surface area contributed by atoms with Crippen LogP contribution in [0, 0.1) is 0 Å². The van der Waals surface area contributed by atoms with Crippen molar-refractivity contribution in [1.29, 1.82) is 0 Å². The zero-order valence-corrected chi connectivity index (χ0v) is 25.9. The summed E-state index contributed by atoms with van der Waals surface area (Å²) in [7, 11) is 0. The molecule has 5 heteroatoms. The summed E-state index contributed by atoms with van der Waals surface area (Å²) in [5.41, 5.74) is 2.69. The van der Waals surface area contributed by atoms with Gasteiger partial charge in [0.25, 0.3) is 0 Å². The molecule has 0 radical (unpaired) electrons. The molecule has 0 amide bonds. The Balaban J connectivity index is 1.26. The molecule has 234 valence electrons. The minimum absolute atomic E-state index is 0.137. The first kappa shape index (κ1) is 19.2. The maximum atomic E-state index is 9.54. The maximum absolute atomic E-state index is 9.54. The average Bonchev–Trinajstić information content (AvgIpc) is 3.88. The SMILES string of the molecule is [2H]c1c([2H])c([2H])c(-c2c([2H])c([2H])c([2H])c3oc4c([2H])c(-c5nc(-c6ccc(-c7ccccc7)cc6)nc(-c6cccc7oc8ccccc8c67)n5)c([2H])c([2H])c4c23)c([2H])c1[2H]. The highest BCUT2D eigenvalue weighted by Gasteiger charge is 2.19. The molecule has 0 N–H and O–H groups in total. The second kappa shape index (κ2) is 11.4. The predicted octanol–water partition coefficient (Wildman–Crippen LogP) is 12.0. The van der Waals surface area contributed by atoms with Crippen LogP contribution in [0.25, 0.3) is 100 Å². The zero-order chi connectivity index (χ0) is 42.6. The lowest BCUT2D eigenvalue weighted by molar-refractivity contribution is 0.668. The summed E-state index contributed by atoms with van der Waals surface area (Å²) in [6, 6.07) is 23.6. The van der Waals surface area contributed by atoms with Gasteiger partial charge in [0.05, 0.1) is 15.1 Å². The van der Waals surface area contributed by atoms with E-state index in [0.717, 1.165) is 21.9 Å².